The molecule has 0 bridgehead atoms. The predicted octanol–water partition coefficient (Wildman–Crippen LogP) is 4.23. The summed E-state index contributed by atoms with van der Waals surface area (Å²) in [6.07, 6.45) is 3.95. The number of aryl methyl sites for hydroxylation is 3. The van der Waals surface area contributed by atoms with E-state index in [-0.39, 0.29) is 11.5 Å². The minimum Gasteiger partial charge on any atom is -0.468 e. The monoisotopic (exact) mass is 540 g/mol. The van der Waals surface area contributed by atoms with Gasteiger partial charge in [-0.05, 0) is 56.5 Å². The molecule has 9 heteroatoms. The molecular weight excluding hydrogens is 504 g/mol. The molecule has 5 aromatic rings. The molecule has 1 amide bonds. The molecule has 1 N–H and O–H groups in total. The number of aromatic nitrogens is 4. The zero-order valence-electron chi connectivity index (χ0n) is 23.1. The normalized spacial score (nSPS) is 11.7. The van der Waals surface area contributed by atoms with Gasteiger partial charge in [-0.2, -0.15) is 0 Å². The number of rotatable bonds is 13. The summed E-state index contributed by atoms with van der Waals surface area (Å²) in [5.41, 5.74) is 1.82. The highest BCUT2D eigenvalue weighted by atomic mass is 16.3. The maximum Gasteiger partial charge on any atom is 0.262 e. The highest BCUT2D eigenvalue weighted by Gasteiger charge is 2.17. The van der Waals surface area contributed by atoms with Gasteiger partial charge < -0.3 is 9.73 Å². The third-order valence-electron chi connectivity index (χ3n) is 7.23. The molecule has 0 aliphatic rings. The van der Waals surface area contributed by atoms with Crippen LogP contribution in [0.15, 0.2) is 82.2 Å². The number of hydrogen-bond acceptors (Lipinski definition) is 6. The lowest BCUT2D eigenvalue weighted by atomic mass is 10.1. The van der Waals surface area contributed by atoms with Crippen molar-refractivity contribution in [1.29, 1.82) is 0 Å². The summed E-state index contributed by atoms with van der Waals surface area (Å²) >= 11 is 0. The molecule has 0 atom stereocenters. The van der Waals surface area contributed by atoms with Crippen molar-refractivity contribution >= 4 is 22.6 Å². The van der Waals surface area contributed by atoms with Crippen molar-refractivity contribution in [2.45, 2.75) is 58.7 Å². The SMILES string of the molecule is CC(C)N(CCCNC(=O)CCc1nnc2n(CCc3ccccc3)c(=O)c3ccccc3n12)Cc1ccco1. The van der Waals surface area contributed by atoms with Crippen LogP contribution in [0.2, 0.25) is 0 Å². The number of carbonyl (C=O) groups excluding carboxylic acids is 1. The summed E-state index contributed by atoms with van der Waals surface area (Å²) in [6.45, 7) is 7.03. The Kier molecular flexibility index (Phi) is 8.71. The summed E-state index contributed by atoms with van der Waals surface area (Å²) < 4.78 is 9.10. The van der Waals surface area contributed by atoms with Gasteiger partial charge in [0.05, 0.1) is 23.7 Å². The first-order chi connectivity index (χ1) is 19.5. The van der Waals surface area contributed by atoms with E-state index in [1.165, 1.54) is 0 Å². The zero-order valence-corrected chi connectivity index (χ0v) is 23.1. The van der Waals surface area contributed by atoms with Gasteiger partial charge in [0, 0.05) is 38.5 Å². The number of para-hydroxylation sites is 1. The van der Waals surface area contributed by atoms with E-state index in [1.54, 1.807) is 10.8 Å². The van der Waals surface area contributed by atoms with Crippen molar-refractivity contribution < 1.29 is 9.21 Å². The fourth-order valence-electron chi connectivity index (χ4n) is 5.01. The number of nitrogens with one attached hydrogen (secondary N) is 1. The maximum atomic E-state index is 13.4. The van der Waals surface area contributed by atoms with Crippen LogP contribution in [-0.4, -0.2) is 49.1 Å². The predicted molar refractivity (Wildman–Crippen MR) is 155 cm³/mol. The molecule has 0 saturated heterocycles. The van der Waals surface area contributed by atoms with E-state index in [1.807, 2.05) is 59.0 Å². The first kappa shape index (κ1) is 27.3. The Morgan fingerprint density at radius 2 is 1.80 bits per heavy atom. The van der Waals surface area contributed by atoms with Crippen LogP contribution < -0.4 is 10.9 Å². The van der Waals surface area contributed by atoms with Crippen molar-refractivity contribution in [2.75, 3.05) is 13.1 Å². The summed E-state index contributed by atoms with van der Waals surface area (Å²) in [6, 6.07) is 21.8. The second kappa shape index (κ2) is 12.7. The second-order valence-corrected chi connectivity index (χ2v) is 10.3. The molecule has 0 aliphatic heterocycles. The van der Waals surface area contributed by atoms with E-state index in [2.05, 4.69) is 46.4 Å². The Morgan fingerprint density at radius 1 is 1.00 bits per heavy atom. The summed E-state index contributed by atoms with van der Waals surface area (Å²) in [4.78, 5) is 28.4. The average molecular weight is 541 g/mol. The van der Waals surface area contributed by atoms with Gasteiger partial charge in [-0.1, -0.05) is 42.5 Å². The number of benzene rings is 2. The number of fused-ring (bicyclic) bond motifs is 3. The molecule has 2 aromatic carbocycles. The molecule has 0 spiro atoms. The van der Waals surface area contributed by atoms with E-state index >= 15 is 0 Å². The Morgan fingerprint density at radius 3 is 2.58 bits per heavy atom. The third kappa shape index (κ3) is 6.31. The van der Waals surface area contributed by atoms with E-state index < -0.39 is 0 Å². The van der Waals surface area contributed by atoms with Crippen LogP contribution in [0, 0.1) is 0 Å². The molecule has 0 unspecified atom stereocenters. The zero-order chi connectivity index (χ0) is 27.9. The fourth-order valence-corrected chi connectivity index (χ4v) is 5.01. The van der Waals surface area contributed by atoms with Crippen LogP contribution in [0.3, 0.4) is 0 Å². The maximum absolute atomic E-state index is 13.4. The Labute approximate surface area is 233 Å². The summed E-state index contributed by atoms with van der Waals surface area (Å²) in [5, 5.41) is 12.4. The van der Waals surface area contributed by atoms with Gasteiger partial charge in [0.15, 0.2) is 0 Å². The Balaban J connectivity index is 1.23. The number of furan rings is 1. The minimum atomic E-state index is -0.0850. The summed E-state index contributed by atoms with van der Waals surface area (Å²) in [5.74, 6) is 2.08. The van der Waals surface area contributed by atoms with Gasteiger partial charge in [0.1, 0.15) is 11.6 Å². The molecule has 208 valence electrons. The number of carbonyl (C=O) groups is 1. The van der Waals surface area contributed by atoms with Crippen LogP contribution in [0.1, 0.15) is 43.8 Å². The lowest BCUT2D eigenvalue weighted by Crippen LogP contribution is -2.34. The molecule has 0 radical (unpaired) electrons. The standard InChI is InChI=1S/C31H36N6O3/c1-23(2)35(22-25-12-8-21-40-25)19-9-18-32-29(38)16-15-28-33-34-31-36(20-17-24-10-4-3-5-11-24)30(39)26-13-6-7-14-27(26)37(28)31/h3-8,10-14,21,23H,9,15-20,22H2,1-2H3,(H,32,38). The van der Waals surface area contributed by atoms with Crippen molar-refractivity contribution in [3.05, 3.63) is 100 Å². The van der Waals surface area contributed by atoms with Gasteiger partial charge in [-0.15, -0.1) is 10.2 Å². The first-order valence-corrected chi connectivity index (χ1v) is 13.9. The first-order valence-electron chi connectivity index (χ1n) is 13.9. The van der Waals surface area contributed by atoms with E-state index in [0.717, 1.165) is 36.4 Å². The van der Waals surface area contributed by atoms with Gasteiger partial charge >= 0.3 is 0 Å². The lowest BCUT2D eigenvalue weighted by molar-refractivity contribution is -0.121. The molecule has 0 aliphatic carbocycles. The van der Waals surface area contributed by atoms with Crippen molar-refractivity contribution in [3.8, 4) is 0 Å². The largest absolute Gasteiger partial charge is 0.468 e. The molecule has 0 saturated carbocycles. The van der Waals surface area contributed by atoms with Gasteiger partial charge in [-0.3, -0.25) is 23.5 Å². The number of hydrogen-bond donors (Lipinski definition) is 1. The summed E-state index contributed by atoms with van der Waals surface area (Å²) in [7, 11) is 0. The second-order valence-electron chi connectivity index (χ2n) is 10.3. The van der Waals surface area contributed by atoms with Gasteiger partial charge in [0.25, 0.3) is 5.56 Å². The van der Waals surface area contributed by atoms with E-state index in [4.69, 9.17) is 4.42 Å². The molecule has 0 fully saturated rings. The number of amides is 1. The van der Waals surface area contributed by atoms with Crippen LogP contribution in [0.25, 0.3) is 16.7 Å². The molecule has 40 heavy (non-hydrogen) atoms. The average Bonchev–Trinajstić information content (AvgIpc) is 3.64. The Hall–Kier alpha value is -4.24. The minimum absolute atomic E-state index is 0.0272. The Bertz CT molecular complexity index is 1610. The molecular formula is C31H36N6O3. The highest BCUT2D eigenvalue weighted by Crippen LogP contribution is 2.16. The molecule has 5 rings (SSSR count). The van der Waals surface area contributed by atoms with Crippen LogP contribution >= 0.6 is 0 Å². The smallest absolute Gasteiger partial charge is 0.262 e. The fraction of sp³-hybridized carbons (Fsp3) is 0.355. The molecule has 3 aromatic heterocycles. The topological polar surface area (TPSA) is 97.7 Å². The van der Waals surface area contributed by atoms with Gasteiger partial charge in [0.2, 0.25) is 11.7 Å². The van der Waals surface area contributed by atoms with Crippen molar-refractivity contribution in [2.24, 2.45) is 0 Å². The third-order valence-corrected chi connectivity index (χ3v) is 7.23. The van der Waals surface area contributed by atoms with E-state index in [0.29, 0.717) is 55.4 Å². The van der Waals surface area contributed by atoms with Gasteiger partial charge in [-0.25, -0.2) is 0 Å². The van der Waals surface area contributed by atoms with Crippen LogP contribution in [0.4, 0.5) is 0 Å². The highest BCUT2D eigenvalue weighted by molar-refractivity contribution is 5.80. The van der Waals surface area contributed by atoms with Crippen LogP contribution in [-0.2, 0) is 30.7 Å². The quantitative estimate of drug-likeness (QED) is 0.225. The van der Waals surface area contributed by atoms with Crippen LogP contribution in [0.5, 0.6) is 0 Å². The van der Waals surface area contributed by atoms with Crippen molar-refractivity contribution in [3.63, 3.8) is 0 Å². The van der Waals surface area contributed by atoms with Crippen molar-refractivity contribution in [1.82, 2.24) is 29.4 Å². The molecule has 3 heterocycles. The number of nitrogens with zero attached hydrogens (tertiary/aromatic N) is 5. The lowest BCUT2D eigenvalue weighted by Gasteiger charge is -2.25. The van der Waals surface area contributed by atoms with E-state index in [9.17, 15) is 9.59 Å². The molecule has 9 nitrogen and oxygen atoms in total.